The van der Waals surface area contributed by atoms with Gasteiger partial charge in [0.15, 0.2) is 0 Å². The Morgan fingerprint density at radius 3 is 2.67 bits per heavy atom. The Hall–Kier alpha value is -1.76. The molecule has 0 radical (unpaired) electrons. The molecule has 0 aliphatic carbocycles. The van der Waals surface area contributed by atoms with Gasteiger partial charge in [-0.3, -0.25) is 10.0 Å². The number of nitrogens with zero attached hydrogens (tertiary/aromatic N) is 1. The normalized spacial score (nSPS) is 11.1. The molecule has 0 bridgehead atoms. The van der Waals surface area contributed by atoms with Crippen LogP contribution in [0.5, 0.6) is 5.75 Å². The van der Waals surface area contributed by atoms with Crippen LogP contribution in [0.1, 0.15) is 51.2 Å². The SMILES string of the molecule is CCCCC(=S)Cc1cc(/C=C/C(=O)NO)ccc1OCCN(CC)CC. The first-order valence-corrected chi connectivity index (χ1v) is 10.1. The predicted molar refractivity (Wildman–Crippen MR) is 115 cm³/mol. The molecule has 5 nitrogen and oxygen atoms in total. The van der Waals surface area contributed by atoms with Crippen LogP contribution in [-0.4, -0.2) is 47.1 Å². The molecule has 0 saturated heterocycles. The van der Waals surface area contributed by atoms with Gasteiger partial charge in [-0.05, 0) is 60.1 Å². The second-order valence-electron chi connectivity index (χ2n) is 6.37. The largest absolute Gasteiger partial charge is 0.492 e. The zero-order chi connectivity index (χ0) is 20.1. The molecule has 27 heavy (non-hydrogen) atoms. The summed E-state index contributed by atoms with van der Waals surface area (Å²) in [5.41, 5.74) is 3.48. The number of likely N-dealkylation sites (N-methyl/N-ethyl adjacent to an activating group) is 1. The summed E-state index contributed by atoms with van der Waals surface area (Å²) < 4.78 is 6.03. The lowest BCUT2D eigenvalue weighted by molar-refractivity contribution is -0.124. The van der Waals surface area contributed by atoms with Crippen molar-refractivity contribution < 1.29 is 14.7 Å². The van der Waals surface area contributed by atoms with Crippen molar-refractivity contribution in [3.63, 3.8) is 0 Å². The van der Waals surface area contributed by atoms with Crippen molar-refractivity contribution in [3.05, 3.63) is 35.4 Å². The average Bonchev–Trinajstić information content (AvgIpc) is 2.68. The molecule has 2 N–H and O–H groups in total. The number of thiocarbonyl (C=S) groups is 1. The maximum absolute atomic E-state index is 11.2. The Morgan fingerprint density at radius 2 is 2.04 bits per heavy atom. The molecule has 0 aromatic heterocycles. The van der Waals surface area contributed by atoms with Crippen LogP contribution in [0.4, 0.5) is 0 Å². The zero-order valence-electron chi connectivity index (χ0n) is 16.7. The molecule has 0 aliphatic rings. The van der Waals surface area contributed by atoms with E-state index in [-0.39, 0.29) is 0 Å². The molecule has 1 aromatic carbocycles. The van der Waals surface area contributed by atoms with Gasteiger partial charge in [0.25, 0.3) is 5.91 Å². The fourth-order valence-electron chi connectivity index (χ4n) is 2.69. The number of amides is 1. The lowest BCUT2D eigenvalue weighted by atomic mass is 10.0. The lowest BCUT2D eigenvalue weighted by Gasteiger charge is -2.19. The van der Waals surface area contributed by atoms with Crippen LogP contribution in [0.2, 0.25) is 0 Å². The Morgan fingerprint density at radius 1 is 1.30 bits per heavy atom. The topological polar surface area (TPSA) is 61.8 Å². The average molecular weight is 393 g/mol. The van der Waals surface area contributed by atoms with Crippen molar-refractivity contribution in [2.24, 2.45) is 0 Å². The fraction of sp³-hybridized carbons (Fsp3) is 0.524. The van der Waals surface area contributed by atoms with Crippen molar-refractivity contribution in [2.75, 3.05) is 26.2 Å². The van der Waals surface area contributed by atoms with Crippen LogP contribution < -0.4 is 10.2 Å². The van der Waals surface area contributed by atoms with Gasteiger partial charge in [-0.25, -0.2) is 5.48 Å². The van der Waals surface area contributed by atoms with Crippen molar-refractivity contribution in [3.8, 4) is 5.75 Å². The number of hydrogen-bond donors (Lipinski definition) is 2. The maximum atomic E-state index is 11.2. The molecule has 150 valence electrons. The van der Waals surface area contributed by atoms with Gasteiger partial charge in [-0.1, -0.05) is 45.5 Å². The van der Waals surface area contributed by atoms with Gasteiger partial charge in [0.1, 0.15) is 12.4 Å². The van der Waals surface area contributed by atoms with Crippen LogP contribution in [0, 0.1) is 0 Å². The van der Waals surface area contributed by atoms with E-state index in [1.54, 1.807) is 11.6 Å². The van der Waals surface area contributed by atoms with E-state index in [9.17, 15) is 4.79 Å². The van der Waals surface area contributed by atoms with E-state index in [1.165, 1.54) is 6.08 Å². The molecular formula is C21H32N2O3S. The number of hydrogen-bond acceptors (Lipinski definition) is 5. The lowest BCUT2D eigenvalue weighted by Crippen LogP contribution is -2.28. The summed E-state index contributed by atoms with van der Waals surface area (Å²) in [4.78, 5) is 14.5. The molecule has 0 spiro atoms. The zero-order valence-corrected chi connectivity index (χ0v) is 17.5. The Balaban J connectivity index is 2.89. The smallest absolute Gasteiger partial charge is 0.267 e. The van der Waals surface area contributed by atoms with Gasteiger partial charge < -0.3 is 9.64 Å². The summed E-state index contributed by atoms with van der Waals surface area (Å²) in [5, 5.41) is 8.60. The highest BCUT2D eigenvalue weighted by atomic mass is 32.1. The van der Waals surface area contributed by atoms with E-state index < -0.39 is 5.91 Å². The van der Waals surface area contributed by atoms with Crippen LogP contribution >= 0.6 is 12.2 Å². The molecule has 1 amide bonds. The molecule has 0 saturated carbocycles. The van der Waals surface area contributed by atoms with E-state index >= 15 is 0 Å². The molecule has 1 aromatic rings. The molecule has 0 aliphatic heterocycles. The van der Waals surface area contributed by atoms with E-state index in [0.717, 1.165) is 60.6 Å². The third-order valence-corrected chi connectivity index (χ3v) is 4.73. The van der Waals surface area contributed by atoms with Crippen LogP contribution in [0.25, 0.3) is 6.08 Å². The Labute approximate surface area is 168 Å². The first-order valence-electron chi connectivity index (χ1n) is 9.65. The Kier molecular flexibility index (Phi) is 11.6. The molecule has 0 atom stereocenters. The monoisotopic (exact) mass is 392 g/mol. The van der Waals surface area contributed by atoms with Gasteiger partial charge in [-0.2, -0.15) is 0 Å². The Bertz CT molecular complexity index is 628. The van der Waals surface area contributed by atoms with Crippen LogP contribution in [-0.2, 0) is 11.2 Å². The number of rotatable bonds is 13. The van der Waals surface area contributed by atoms with E-state index in [4.69, 9.17) is 22.2 Å². The molecule has 0 fully saturated rings. The maximum Gasteiger partial charge on any atom is 0.267 e. The highest BCUT2D eigenvalue weighted by Gasteiger charge is 2.09. The van der Waals surface area contributed by atoms with Crippen molar-refractivity contribution in [1.82, 2.24) is 10.4 Å². The van der Waals surface area contributed by atoms with Gasteiger partial charge in [0.05, 0.1) is 0 Å². The number of ether oxygens (including phenoxy) is 1. The highest BCUT2D eigenvalue weighted by molar-refractivity contribution is 7.80. The predicted octanol–water partition coefficient (Wildman–Crippen LogP) is 4.03. The number of benzene rings is 1. The molecule has 0 unspecified atom stereocenters. The number of nitrogens with one attached hydrogen (secondary N) is 1. The number of hydroxylamine groups is 1. The third kappa shape index (κ3) is 9.13. The minimum atomic E-state index is -0.561. The van der Waals surface area contributed by atoms with Crippen molar-refractivity contribution in [1.29, 1.82) is 0 Å². The van der Waals surface area contributed by atoms with Gasteiger partial charge in [-0.15, -0.1) is 0 Å². The summed E-state index contributed by atoms with van der Waals surface area (Å²) >= 11 is 5.54. The van der Waals surface area contributed by atoms with E-state index in [2.05, 4.69) is 25.7 Å². The highest BCUT2D eigenvalue weighted by Crippen LogP contribution is 2.23. The minimum absolute atomic E-state index is 0.561. The summed E-state index contributed by atoms with van der Waals surface area (Å²) in [5.74, 6) is 0.277. The minimum Gasteiger partial charge on any atom is -0.492 e. The van der Waals surface area contributed by atoms with Crippen molar-refractivity contribution >= 4 is 29.1 Å². The quantitative estimate of drug-likeness (QED) is 0.230. The summed E-state index contributed by atoms with van der Waals surface area (Å²) in [7, 11) is 0. The number of unbranched alkanes of at least 4 members (excludes halogenated alkanes) is 1. The number of carbonyl (C=O) groups is 1. The van der Waals surface area contributed by atoms with Gasteiger partial charge in [0, 0.05) is 19.0 Å². The van der Waals surface area contributed by atoms with Crippen LogP contribution in [0.15, 0.2) is 24.3 Å². The van der Waals surface area contributed by atoms with Gasteiger partial charge >= 0.3 is 0 Å². The molecular weight excluding hydrogens is 360 g/mol. The first kappa shape index (κ1) is 23.3. The summed E-state index contributed by atoms with van der Waals surface area (Å²) in [6, 6.07) is 5.81. The fourth-order valence-corrected chi connectivity index (χ4v) is 2.99. The third-order valence-electron chi connectivity index (χ3n) is 4.38. The van der Waals surface area contributed by atoms with Crippen molar-refractivity contribution in [2.45, 2.75) is 46.5 Å². The molecule has 6 heteroatoms. The summed E-state index contributed by atoms with van der Waals surface area (Å²) in [6.07, 6.45) is 6.76. The second-order valence-corrected chi connectivity index (χ2v) is 6.95. The van der Waals surface area contributed by atoms with Gasteiger partial charge in [0.2, 0.25) is 0 Å². The molecule has 0 heterocycles. The first-order chi connectivity index (χ1) is 13.0. The number of carbonyl (C=O) groups excluding carboxylic acids is 1. The second kappa shape index (κ2) is 13.4. The van der Waals surface area contributed by atoms with Crippen LogP contribution in [0.3, 0.4) is 0 Å². The van der Waals surface area contributed by atoms with E-state index in [0.29, 0.717) is 13.0 Å². The molecule has 1 rings (SSSR count). The van der Waals surface area contributed by atoms with E-state index in [1.807, 2.05) is 18.2 Å². The summed E-state index contributed by atoms with van der Waals surface area (Å²) in [6.45, 7) is 9.95. The standard InChI is InChI=1S/C21H32N2O3S/c1-4-7-8-19(27)16-18-15-17(10-12-21(24)22-25)9-11-20(18)26-14-13-23(5-2)6-3/h9-12,15,25H,4-8,13-14,16H2,1-3H3,(H,22,24)/b12-10+.